The van der Waals surface area contributed by atoms with E-state index in [4.69, 9.17) is 0 Å². The molecule has 0 aliphatic heterocycles. The Labute approximate surface area is 138 Å². The van der Waals surface area contributed by atoms with Crippen LogP contribution in [0, 0.1) is 12.7 Å². The maximum Gasteiger partial charge on any atom is 0.271 e. The van der Waals surface area contributed by atoms with Crippen molar-refractivity contribution in [1.29, 1.82) is 0 Å². The van der Waals surface area contributed by atoms with Gasteiger partial charge in [0, 0.05) is 12.1 Å². The van der Waals surface area contributed by atoms with Crippen molar-refractivity contribution < 1.29 is 9.18 Å². The zero-order valence-corrected chi connectivity index (χ0v) is 13.5. The molecule has 1 amide bonds. The van der Waals surface area contributed by atoms with Gasteiger partial charge in [-0.3, -0.25) is 4.79 Å². The number of carbonyl (C=O) groups is 1. The van der Waals surface area contributed by atoms with Gasteiger partial charge in [-0.15, -0.1) is 0 Å². The third kappa shape index (κ3) is 3.17. The van der Waals surface area contributed by atoms with Crippen LogP contribution in [0.4, 0.5) is 4.39 Å². The van der Waals surface area contributed by atoms with E-state index in [2.05, 4.69) is 27.0 Å². The molecule has 1 aromatic heterocycles. The molecule has 0 aliphatic rings. The fourth-order valence-corrected chi connectivity index (χ4v) is 2.61. The van der Waals surface area contributed by atoms with Crippen LogP contribution >= 0.6 is 0 Å². The Hall–Kier alpha value is -3.02. The van der Waals surface area contributed by atoms with Gasteiger partial charge >= 0.3 is 0 Å². The number of hydrogen-bond acceptors (Lipinski definition) is 3. The van der Waals surface area contributed by atoms with E-state index in [0.29, 0.717) is 11.1 Å². The van der Waals surface area contributed by atoms with Gasteiger partial charge in [-0.25, -0.2) is 14.8 Å². The van der Waals surface area contributed by atoms with Crippen LogP contribution in [0.3, 0.4) is 0 Å². The smallest absolute Gasteiger partial charge is 0.271 e. The maximum atomic E-state index is 13.1. The molecule has 0 radical (unpaired) electrons. The number of rotatable bonds is 4. The number of hydrazone groups is 1. The van der Waals surface area contributed by atoms with Gasteiger partial charge in [0.2, 0.25) is 0 Å². The highest BCUT2D eigenvalue weighted by molar-refractivity contribution is 5.97. The van der Waals surface area contributed by atoms with Gasteiger partial charge in [-0.2, -0.15) is 5.10 Å². The minimum Gasteiger partial charge on any atom is -0.329 e. The number of carbonyl (C=O) groups excluding carboxylic acids is 1. The normalized spacial score (nSPS) is 11.3. The van der Waals surface area contributed by atoms with Crippen LogP contribution in [-0.2, 0) is 6.54 Å². The Bertz CT molecular complexity index is 930. The van der Waals surface area contributed by atoms with Crippen molar-refractivity contribution in [3.63, 3.8) is 0 Å². The van der Waals surface area contributed by atoms with Crippen molar-refractivity contribution in [3.8, 4) is 0 Å². The predicted octanol–water partition coefficient (Wildman–Crippen LogP) is 3.27. The van der Waals surface area contributed by atoms with E-state index >= 15 is 0 Å². The molecular formula is C18H17FN4O. The van der Waals surface area contributed by atoms with E-state index in [9.17, 15) is 9.18 Å². The number of halogens is 1. The average molecular weight is 324 g/mol. The SMILES string of the molecule is CCn1c(C)nc2cc(C(=O)NN=Cc3cccc(F)c3)ccc21. The lowest BCUT2D eigenvalue weighted by atomic mass is 10.2. The Morgan fingerprint density at radius 1 is 1.33 bits per heavy atom. The van der Waals surface area contributed by atoms with Crippen molar-refractivity contribution in [2.45, 2.75) is 20.4 Å². The van der Waals surface area contributed by atoms with Crippen molar-refractivity contribution in [3.05, 3.63) is 65.2 Å². The van der Waals surface area contributed by atoms with Crippen molar-refractivity contribution in [2.24, 2.45) is 5.10 Å². The van der Waals surface area contributed by atoms with Gasteiger partial charge in [0.25, 0.3) is 5.91 Å². The maximum absolute atomic E-state index is 13.1. The monoisotopic (exact) mass is 324 g/mol. The number of hydrogen-bond donors (Lipinski definition) is 1. The highest BCUT2D eigenvalue weighted by atomic mass is 19.1. The first-order valence-electron chi connectivity index (χ1n) is 7.64. The number of aromatic nitrogens is 2. The number of fused-ring (bicyclic) bond motifs is 1. The van der Waals surface area contributed by atoms with Gasteiger partial charge < -0.3 is 4.57 Å². The van der Waals surface area contributed by atoms with Crippen LogP contribution in [-0.4, -0.2) is 21.7 Å². The molecule has 1 heterocycles. The molecular weight excluding hydrogens is 307 g/mol. The van der Waals surface area contributed by atoms with E-state index in [1.165, 1.54) is 18.3 Å². The molecule has 0 unspecified atom stereocenters. The second-order valence-electron chi connectivity index (χ2n) is 5.36. The van der Waals surface area contributed by atoms with E-state index in [1.54, 1.807) is 24.3 Å². The first-order chi connectivity index (χ1) is 11.6. The highest BCUT2D eigenvalue weighted by Crippen LogP contribution is 2.17. The summed E-state index contributed by atoms with van der Waals surface area (Å²) < 4.78 is 15.2. The van der Waals surface area contributed by atoms with Crippen LogP contribution < -0.4 is 5.43 Å². The zero-order valence-electron chi connectivity index (χ0n) is 13.5. The van der Waals surface area contributed by atoms with Gasteiger partial charge in [0.1, 0.15) is 11.6 Å². The van der Waals surface area contributed by atoms with E-state index < -0.39 is 0 Å². The van der Waals surface area contributed by atoms with E-state index in [1.807, 2.05) is 13.0 Å². The molecule has 1 N–H and O–H groups in total. The molecule has 0 saturated carbocycles. The standard InChI is InChI=1S/C18H17FN4O/c1-3-23-12(2)21-16-10-14(7-8-17(16)23)18(24)22-20-11-13-5-4-6-15(19)9-13/h4-11H,3H2,1-2H3,(H,22,24). The number of nitrogens with one attached hydrogen (secondary N) is 1. The summed E-state index contributed by atoms with van der Waals surface area (Å²) in [4.78, 5) is 16.6. The summed E-state index contributed by atoms with van der Waals surface area (Å²) in [5.74, 6) is 0.222. The van der Waals surface area contributed by atoms with Crippen LogP contribution in [0.25, 0.3) is 11.0 Å². The molecule has 3 rings (SSSR count). The summed E-state index contributed by atoms with van der Waals surface area (Å²) in [6.45, 7) is 4.81. The molecule has 0 aliphatic carbocycles. The molecule has 0 atom stereocenters. The van der Waals surface area contributed by atoms with Crippen LogP contribution in [0.5, 0.6) is 0 Å². The van der Waals surface area contributed by atoms with Crippen LogP contribution in [0.15, 0.2) is 47.6 Å². The van der Waals surface area contributed by atoms with Crippen LogP contribution in [0.1, 0.15) is 28.7 Å². The second-order valence-corrected chi connectivity index (χ2v) is 5.36. The number of aryl methyl sites for hydroxylation is 2. The molecule has 6 heteroatoms. The Morgan fingerprint density at radius 3 is 2.92 bits per heavy atom. The van der Waals surface area contributed by atoms with Gasteiger partial charge in [0.15, 0.2) is 0 Å². The topological polar surface area (TPSA) is 59.3 Å². The summed E-state index contributed by atoms with van der Waals surface area (Å²) in [6, 6.07) is 11.3. The molecule has 0 spiro atoms. The van der Waals surface area contributed by atoms with Gasteiger partial charge in [-0.05, 0) is 49.7 Å². The van der Waals surface area contributed by atoms with Gasteiger partial charge in [-0.1, -0.05) is 12.1 Å². The first kappa shape index (κ1) is 15.9. The van der Waals surface area contributed by atoms with E-state index in [-0.39, 0.29) is 11.7 Å². The lowest BCUT2D eigenvalue weighted by Gasteiger charge is -2.03. The third-order valence-corrected chi connectivity index (χ3v) is 3.75. The molecule has 2 aromatic carbocycles. The van der Waals surface area contributed by atoms with Crippen molar-refractivity contribution >= 4 is 23.2 Å². The Morgan fingerprint density at radius 2 is 2.17 bits per heavy atom. The second kappa shape index (κ2) is 6.62. The number of nitrogens with zero attached hydrogens (tertiary/aromatic N) is 3. The summed E-state index contributed by atoms with van der Waals surface area (Å²) in [6.07, 6.45) is 1.40. The highest BCUT2D eigenvalue weighted by Gasteiger charge is 2.10. The first-order valence-corrected chi connectivity index (χ1v) is 7.64. The molecule has 5 nitrogen and oxygen atoms in total. The van der Waals surface area contributed by atoms with Crippen LogP contribution in [0.2, 0.25) is 0 Å². The lowest BCUT2D eigenvalue weighted by molar-refractivity contribution is 0.0955. The number of imidazole rings is 1. The third-order valence-electron chi connectivity index (χ3n) is 3.75. The van der Waals surface area contributed by atoms with Gasteiger partial charge in [0.05, 0.1) is 17.2 Å². The van der Waals surface area contributed by atoms with E-state index in [0.717, 1.165) is 23.4 Å². The minimum atomic E-state index is -0.349. The summed E-state index contributed by atoms with van der Waals surface area (Å²) in [7, 11) is 0. The average Bonchev–Trinajstić information content (AvgIpc) is 2.88. The summed E-state index contributed by atoms with van der Waals surface area (Å²) in [5, 5.41) is 3.86. The largest absolute Gasteiger partial charge is 0.329 e. The predicted molar refractivity (Wildman–Crippen MR) is 91.6 cm³/mol. The quantitative estimate of drug-likeness (QED) is 0.591. The summed E-state index contributed by atoms with van der Waals surface area (Å²) >= 11 is 0. The molecule has 0 saturated heterocycles. The Balaban J connectivity index is 1.76. The Kier molecular flexibility index (Phi) is 4.37. The fourth-order valence-electron chi connectivity index (χ4n) is 2.61. The number of benzene rings is 2. The molecule has 3 aromatic rings. The zero-order chi connectivity index (χ0) is 17.1. The lowest BCUT2D eigenvalue weighted by Crippen LogP contribution is -2.17. The summed E-state index contributed by atoms with van der Waals surface area (Å²) in [5.41, 5.74) is 5.25. The minimum absolute atomic E-state index is 0.340. The molecule has 24 heavy (non-hydrogen) atoms. The number of amides is 1. The van der Waals surface area contributed by atoms with Crippen molar-refractivity contribution in [2.75, 3.05) is 0 Å². The fraction of sp³-hybridized carbons (Fsp3) is 0.167. The van der Waals surface area contributed by atoms with Crippen molar-refractivity contribution in [1.82, 2.24) is 15.0 Å². The molecule has 0 bridgehead atoms. The molecule has 122 valence electrons. The molecule has 0 fully saturated rings.